The highest BCUT2D eigenvalue weighted by atomic mass is 16.3. The Morgan fingerprint density at radius 3 is 2.80 bits per heavy atom. The van der Waals surface area contributed by atoms with Crippen LogP contribution >= 0.6 is 0 Å². The summed E-state index contributed by atoms with van der Waals surface area (Å²) in [7, 11) is 0. The van der Waals surface area contributed by atoms with E-state index in [2.05, 4.69) is 9.97 Å². The first-order chi connectivity index (χ1) is 13.8. The maximum Gasteiger partial charge on any atom is 0.227 e. The number of hydrogen-bond acceptors (Lipinski definition) is 3. The fourth-order valence-electron chi connectivity index (χ4n) is 3.34. The molecule has 1 aromatic carbocycles. The predicted molar refractivity (Wildman–Crippen MR) is 103 cm³/mol. The molecule has 0 atom stereocenters. The van der Waals surface area contributed by atoms with Crippen molar-refractivity contribution in [3.63, 3.8) is 0 Å². The van der Waals surface area contributed by atoms with Crippen molar-refractivity contribution in [2.45, 2.75) is 39.4 Å². The summed E-state index contributed by atoms with van der Waals surface area (Å²) in [5.41, 5.74) is 3.37. The molecule has 0 aliphatic heterocycles. The fourth-order valence-corrected chi connectivity index (χ4v) is 3.34. The normalized spacial score (nSPS) is 15.0. The SMILES string of the molecule is [2H]C([2H])([2H])c1ccc2c(n1)oc1c(-c3cc(C([2H])(CC)CC)ccn3)cccc12. The predicted octanol–water partition coefficient (Wildman–Crippen LogP) is 6.26. The van der Waals surface area contributed by atoms with Crippen molar-refractivity contribution in [2.24, 2.45) is 0 Å². The number of pyridine rings is 2. The lowest BCUT2D eigenvalue weighted by Gasteiger charge is -2.13. The van der Waals surface area contributed by atoms with Crippen LogP contribution in [-0.2, 0) is 0 Å². The van der Waals surface area contributed by atoms with Crippen LogP contribution < -0.4 is 0 Å². The number of aryl methyl sites for hydroxylation is 1. The van der Waals surface area contributed by atoms with E-state index in [1.54, 1.807) is 12.3 Å². The number of nitrogens with zero attached hydrogens (tertiary/aromatic N) is 2. The van der Waals surface area contributed by atoms with Crippen LogP contribution in [0.1, 0.15) is 49.3 Å². The van der Waals surface area contributed by atoms with Crippen LogP contribution in [0.3, 0.4) is 0 Å². The van der Waals surface area contributed by atoms with Gasteiger partial charge in [0.15, 0.2) is 0 Å². The van der Waals surface area contributed by atoms with Crippen LogP contribution in [0.4, 0.5) is 0 Å². The number of hydrogen-bond donors (Lipinski definition) is 0. The van der Waals surface area contributed by atoms with Crippen LogP contribution in [0.15, 0.2) is 53.1 Å². The van der Waals surface area contributed by atoms with Gasteiger partial charge in [-0.25, -0.2) is 4.98 Å². The lowest BCUT2D eigenvalue weighted by atomic mass is 9.93. The molecular weight excluding hydrogens is 308 g/mol. The summed E-state index contributed by atoms with van der Waals surface area (Å²) in [5, 5.41) is 1.63. The zero-order chi connectivity index (χ0) is 20.8. The molecule has 3 aromatic heterocycles. The molecular formula is C22H22N2O. The average Bonchev–Trinajstić information content (AvgIpc) is 3.10. The first-order valence-corrected chi connectivity index (χ1v) is 8.56. The molecule has 0 aliphatic carbocycles. The molecule has 0 saturated heterocycles. The maximum absolute atomic E-state index is 8.74. The molecule has 0 amide bonds. The Morgan fingerprint density at radius 1 is 1.12 bits per heavy atom. The highest BCUT2D eigenvalue weighted by Gasteiger charge is 2.15. The molecule has 0 bridgehead atoms. The van der Waals surface area contributed by atoms with Crippen LogP contribution in [0.25, 0.3) is 33.3 Å². The number of rotatable bonds is 4. The Kier molecular flexibility index (Phi) is 2.98. The third-order valence-corrected chi connectivity index (χ3v) is 4.66. The van der Waals surface area contributed by atoms with Crippen molar-refractivity contribution in [1.29, 1.82) is 0 Å². The second-order valence-corrected chi connectivity index (χ2v) is 6.07. The summed E-state index contributed by atoms with van der Waals surface area (Å²) in [6.07, 6.45) is 3.15. The summed E-state index contributed by atoms with van der Waals surface area (Å²) in [6, 6.07) is 12.9. The first-order valence-electron chi connectivity index (χ1n) is 10.6. The van der Waals surface area contributed by atoms with Crippen molar-refractivity contribution in [2.75, 3.05) is 0 Å². The van der Waals surface area contributed by atoms with E-state index in [-0.39, 0.29) is 5.69 Å². The molecule has 0 saturated carbocycles. The number of fused-ring (bicyclic) bond motifs is 3. The van der Waals surface area contributed by atoms with Gasteiger partial charge in [0.25, 0.3) is 0 Å². The van der Waals surface area contributed by atoms with Gasteiger partial charge in [0.2, 0.25) is 5.71 Å². The number of para-hydroxylation sites is 1. The van der Waals surface area contributed by atoms with E-state index in [0.29, 0.717) is 24.1 Å². The van der Waals surface area contributed by atoms with Crippen LogP contribution in [-0.4, -0.2) is 9.97 Å². The molecule has 0 fully saturated rings. The molecule has 3 heteroatoms. The van der Waals surface area contributed by atoms with Gasteiger partial charge in [-0.1, -0.05) is 26.0 Å². The highest BCUT2D eigenvalue weighted by Crippen LogP contribution is 2.35. The zero-order valence-electron chi connectivity index (χ0n) is 18.3. The highest BCUT2D eigenvalue weighted by molar-refractivity contribution is 6.08. The molecule has 0 unspecified atom stereocenters. The molecule has 25 heavy (non-hydrogen) atoms. The largest absolute Gasteiger partial charge is 0.437 e. The molecule has 0 N–H and O–H groups in total. The Balaban J connectivity index is 1.91. The Hall–Kier alpha value is -2.68. The fraction of sp³-hybridized carbons (Fsp3) is 0.273. The van der Waals surface area contributed by atoms with Crippen LogP contribution in [0.2, 0.25) is 0 Å². The quantitative estimate of drug-likeness (QED) is 0.442. The summed E-state index contributed by atoms with van der Waals surface area (Å²) >= 11 is 0. The van der Waals surface area contributed by atoms with Gasteiger partial charge in [0.1, 0.15) is 5.58 Å². The van der Waals surface area contributed by atoms with E-state index < -0.39 is 12.7 Å². The standard InChI is InChI=1S/C22H22N2O/c1-4-15(5-2)16-11-12-23-20(13-16)19-8-6-7-17-18-10-9-14(3)24-22(18)25-21(17)19/h6-13,15H,4-5H2,1-3H3/i3D3,15D. The maximum atomic E-state index is 8.74. The second-order valence-electron chi connectivity index (χ2n) is 6.07. The lowest BCUT2D eigenvalue weighted by molar-refractivity contribution is 0.641. The molecule has 3 heterocycles. The first kappa shape index (κ1) is 11.8. The van der Waals surface area contributed by atoms with Crippen molar-refractivity contribution >= 4 is 22.1 Å². The van der Waals surface area contributed by atoms with Crippen molar-refractivity contribution < 1.29 is 9.90 Å². The lowest BCUT2D eigenvalue weighted by Crippen LogP contribution is -1.96. The third-order valence-electron chi connectivity index (χ3n) is 4.66. The van der Waals surface area contributed by atoms with Crippen LogP contribution in [0.5, 0.6) is 0 Å². The minimum absolute atomic E-state index is 0.00982. The van der Waals surface area contributed by atoms with Crippen molar-refractivity contribution in [3.05, 3.63) is 59.9 Å². The van der Waals surface area contributed by atoms with E-state index in [1.807, 2.05) is 44.2 Å². The van der Waals surface area contributed by atoms with Gasteiger partial charge in [-0.05, 0) is 61.5 Å². The van der Waals surface area contributed by atoms with E-state index in [4.69, 9.17) is 9.90 Å². The van der Waals surface area contributed by atoms with Gasteiger partial charge in [-0.3, -0.25) is 4.98 Å². The summed E-state index contributed by atoms with van der Waals surface area (Å²) in [6.45, 7) is 1.75. The molecule has 4 rings (SSSR count). The van der Waals surface area contributed by atoms with Gasteiger partial charge < -0.3 is 4.42 Å². The number of furan rings is 1. The van der Waals surface area contributed by atoms with Crippen LogP contribution in [0, 0.1) is 6.85 Å². The van der Waals surface area contributed by atoms with E-state index >= 15 is 0 Å². The van der Waals surface area contributed by atoms with Gasteiger partial charge in [-0.15, -0.1) is 0 Å². The Labute approximate surface area is 153 Å². The van der Waals surface area contributed by atoms with Crippen molar-refractivity contribution in [1.82, 2.24) is 9.97 Å². The molecule has 0 radical (unpaired) electrons. The Morgan fingerprint density at radius 2 is 2.00 bits per heavy atom. The average molecular weight is 334 g/mol. The van der Waals surface area contributed by atoms with Gasteiger partial charge >= 0.3 is 0 Å². The molecule has 4 aromatic rings. The summed E-state index contributed by atoms with van der Waals surface area (Å²) < 4.78 is 37.5. The monoisotopic (exact) mass is 334 g/mol. The van der Waals surface area contributed by atoms with Gasteiger partial charge in [0, 0.05) is 33.7 Å². The van der Waals surface area contributed by atoms with E-state index in [9.17, 15) is 0 Å². The molecule has 126 valence electrons. The number of benzene rings is 1. The smallest absolute Gasteiger partial charge is 0.227 e. The zero-order valence-corrected chi connectivity index (χ0v) is 14.3. The molecule has 3 nitrogen and oxygen atoms in total. The minimum Gasteiger partial charge on any atom is -0.437 e. The third kappa shape index (κ3) is 2.70. The molecule has 0 aliphatic rings. The number of aromatic nitrogens is 2. The molecule has 0 spiro atoms. The van der Waals surface area contributed by atoms with E-state index in [0.717, 1.165) is 27.6 Å². The van der Waals surface area contributed by atoms with Gasteiger partial charge in [0.05, 0.1) is 5.69 Å². The second kappa shape index (κ2) is 6.32. The van der Waals surface area contributed by atoms with Gasteiger partial charge in [-0.2, -0.15) is 0 Å². The van der Waals surface area contributed by atoms with Crippen molar-refractivity contribution in [3.8, 4) is 11.3 Å². The topological polar surface area (TPSA) is 38.9 Å². The summed E-state index contributed by atoms with van der Waals surface area (Å²) in [4.78, 5) is 8.74. The minimum atomic E-state index is -2.29. The Bertz CT molecular complexity index is 1190. The van der Waals surface area contributed by atoms with E-state index in [1.165, 1.54) is 6.07 Å². The summed E-state index contributed by atoms with van der Waals surface area (Å²) in [5.74, 6) is -0.657.